The highest BCUT2D eigenvalue weighted by molar-refractivity contribution is 7.99. The summed E-state index contributed by atoms with van der Waals surface area (Å²) in [6, 6.07) is 11.5. The lowest BCUT2D eigenvalue weighted by Gasteiger charge is -2.32. The molecular formula is C23H28FN3O3S2. The molecule has 0 radical (unpaired) electrons. The van der Waals surface area contributed by atoms with E-state index in [0.717, 1.165) is 36.4 Å². The van der Waals surface area contributed by atoms with Crippen LogP contribution in [0.2, 0.25) is 0 Å². The predicted octanol–water partition coefficient (Wildman–Crippen LogP) is 3.70. The molecule has 2 heterocycles. The van der Waals surface area contributed by atoms with Gasteiger partial charge in [0.15, 0.2) is 0 Å². The van der Waals surface area contributed by atoms with Gasteiger partial charge in [0.2, 0.25) is 15.9 Å². The number of halogens is 1. The molecule has 0 unspecified atom stereocenters. The third-order valence-electron chi connectivity index (χ3n) is 6.02. The maximum atomic E-state index is 13.4. The van der Waals surface area contributed by atoms with Crippen molar-refractivity contribution in [1.82, 2.24) is 9.62 Å². The molecule has 9 heteroatoms. The Balaban J connectivity index is 1.31. The van der Waals surface area contributed by atoms with E-state index in [1.54, 1.807) is 42.1 Å². The monoisotopic (exact) mass is 477 g/mol. The maximum absolute atomic E-state index is 13.4. The number of anilines is 1. The molecule has 4 rings (SSSR count). The van der Waals surface area contributed by atoms with Gasteiger partial charge in [0.05, 0.1) is 10.6 Å². The van der Waals surface area contributed by atoms with Crippen LogP contribution in [0.3, 0.4) is 0 Å². The van der Waals surface area contributed by atoms with E-state index in [1.165, 1.54) is 6.07 Å². The molecule has 0 aliphatic carbocycles. The van der Waals surface area contributed by atoms with Crippen LogP contribution in [-0.4, -0.2) is 44.6 Å². The molecule has 2 aromatic rings. The Hall–Kier alpha value is -1.94. The average molecular weight is 478 g/mol. The minimum absolute atomic E-state index is 0.0937. The summed E-state index contributed by atoms with van der Waals surface area (Å²) < 4.78 is 41.8. The van der Waals surface area contributed by atoms with E-state index in [2.05, 4.69) is 14.9 Å². The maximum Gasteiger partial charge on any atom is 0.240 e. The van der Waals surface area contributed by atoms with Gasteiger partial charge in [0.1, 0.15) is 5.82 Å². The molecule has 0 spiro atoms. The van der Waals surface area contributed by atoms with Crippen LogP contribution in [0.25, 0.3) is 0 Å². The topological polar surface area (TPSA) is 78.5 Å². The van der Waals surface area contributed by atoms with Crippen LogP contribution >= 0.6 is 11.8 Å². The zero-order chi connectivity index (χ0) is 22.7. The van der Waals surface area contributed by atoms with E-state index in [4.69, 9.17) is 0 Å². The molecule has 2 aliphatic heterocycles. The number of fused-ring (bicyclic) bond motifs is 1. The molecule has 1 amide bonds. The SMILES string of the molecule is C[C@@H]1CSc2ccc(S(=O)(=O)NCC3CCN(Cc4cccc(F)c4)CC3)cc2NC1=O. The fourth-order valence-corrected chi connectivity index (χ4v) is 6.15. The van der Waals surface area contributed by atoms with Crippen LogP contribution in [-0.2, 0) is 21.4 Å². The molecule has 1 fully saturated rings. The van der Waals surface area contributed by atoms with E-state index >= 15 is 0 Å². The largest absolute Gasteiger partial charge is 0.325 e. The van der Waals surface area contributed by atoms with Gasteiger partial charge in [-0.15, -0.1) is 11.8 Å². The number of rotatable bonds is 6. The molecule has 2 aromatic carbocycles. The van der Waals surface area contributed by atoms with Gasteiger partial charge >= 0.3 is 0 Å². The standard InChI is InChI=1S/C23H28FN3O3S2/c1-16-15-31-22-6-5-20(12-21(22)26-23(16)28)32(29,30)25-13-17-7-9-27(10-8-17)14-18-3-2-4-19(24)11-18/h2-6,11-12,16-17,25H,7-10,13-15H2,1H3,(H,26,28)/t16-/m1/s1. The van der Waals surface area contributed by atoms with E-state index in [9.17, 15) is 17.6 Å². The summed E-state index contributed by atoms with van der Waals surface area (Å²) in [4.78, 5) is 15.4. The summed E-state index contributed by atoms with van der Waals surface area (Å²) >= 11 is 1.55. The molecule has 1 atom stereocenters. The van der Waals surface area contributed by atoms with Crippen LogP contribution in [0.15, 0.2) is 52.3 Å². The second-order valence-electron chi connectivity index (χ2n) is 8.56. The van der Waals surface area contributed by atoms with Crippen molar-refractivity contribution in [3.63, 3.8) is 0 Å². The predicted molar refractivity (Wildman–Crippen MR) is 125 cm³/mol. The summed E-state index contributed by atoms with van der Waals surface area (Å²) in [5.74, 6) is 0.477. The summed E-state index contributed by atoms with van der Waals surface area (Å²) in [5.41, 5.74) is 1.50. The highest BCUT2D eigenvalue weighted by Crippen LogP contribution is 2.34. The number of nitrogens with one attached hydrogen (secondary N) is 2. The summed E-state index contributed by atoms with van der Waals surface area (Å²) in [7, 11) is -3.67. The van der Waals surface area contributed by atoms with Crippen LogP contribution < -0.4 is 10.0 Å². The summed E-state index contributed by atoms with van der Waals surface area (Å²) in [6.45, 7) is 4.64. The first-order chi connectivity index (χ1) is 15.3. The van der Waals surface area contributed by atoms with Gasteiger partial charge in [-0.1, -0.05) is 19.1 Å². The lowest BCUT2D eigenvalue weighted by molar-refractivity contribution is -0.118. The van der Waals surface area contributed by atoms with Crippen molar-refractivity contribution >= 4 is 33.4 Å². The number of carbonyl (C=O) groups excluding carboxylic acids is 1. The van der Waals surface area contributed by atoms with Crippen molar-refractivity contribution in [3.8, 4) is 0 Å². The Labute approximate surface area is 193 Å². The Kier molecular flexibility index (Phi) is 7.19. The molecule has 0 aromatic heterocycles. The Morgan fingerprint density at radius 2 is 1.97 bits per heavy atom. The molecule has 0 bridgehead atoms. The Morgan fingerprint density at radius 3 is 2.72 bits per heavy atom. The number of benzene rings is 2. The van der Waals surface area contributed by atoms with Crippen molar-refractivity contribution < 1.29 is 17.6 Å². The molecule has 1 saturated heterocycles. The fourth-order valence-electron chi connectivity index (χ4n) is 4.00. The van der Waals surface area contributed by atoms with E-state index < -0.39 is 10.0 Å². The minimum Gasteiger partial charge on any atom is -0.325 e. The zero-order valence-corrected chi connectivity index (χ0v) is 19.6. The van der Waals surface area contributed by atoms with E-state index in [-0.39, 0.29) is 28.5 Å². The number of hydrogen-bond donors (Lipinski definition) is 2. The number of thioether (sulfide) groups is 1. The number of nitrogens with zero attached hydrogens (tertiary/aromatic N) is 1. The Morgan fingerprint density at radius 1 is 1.19 bits per heavy atom. The molecular weight excluding hydrogens is 449 g/mol. The van der Waals surface area contributed by atoms with Gasteiger partial charge in [-0.3, -0.25) is 9.69 Å². The van der Waals surface area contributed by atoms with Gasteiger partial charge in [-0.05, 0) is 67.7 Å². The van der Waals surface area contributed by atoms with Gasteiger partial charge in [0, 0.05) is 29.7 Å². The third-order valence-corrected chi connectivity index (χ3v) is 8.77. The second kappa shape index (κ2) is 9.91. The van der Waals surface area contributed by atoms with E-state index in [0.29, 0.717) is 24.5 Å². The van der Waals surface area contributed by atoms with Crippen LogP contribution in [0.1, 0.15) is 25.3 Å². The van der Waals surface area contributed by atoms with Gasteiger partial charge in [-0.25, -0.2) is 17.5 Å². The summed E-state index contributed by atoms with van der Waals surface area (Å²) in [6.07, 6.45) is 1.76. The quantitative estimate of drug-likeness (QED) is 0.663. The number of sulfonamides is 1. The molecule has 2 aliphatic rings. The van der Waals surface area contributed by atoms with Gasteiger partial charge in [0.25, 0.3) is 0 Å². The first-order valence-electron chi connectivity index (χ1n) is 10.8. The summed E-state index contributed by atoms with van der Waals surface area (Å²) in [5, 5.41) is 2.84. The third kappa shape index (κ3) is 5.70. The molecule has 2 N–H and O–H groups in total. The zero-order valence-electron chi connectivity index (χ0n) is 18.0. The first kappa shape index (κ1) is 23.2. The molecule has 6 nitrogen and oxygen atoms in total. The van der Waals surface area contributed by atoms with Crippen molar-refractivity contribution in [2.24, 2.45) is 11.8 Å². The van der Waals surface area contributed by atoms with Crippen molar-refractivity contribution in [2.75, 3.05) is 30.7 Å². The Bertz CT molecular complexity index is 1090. The van der Waals surface area contributed by atoms with Crippen molar-refractivity contribution in [2.45, 2.75) is 36.1 Å². The lowest BCUT2D eigenvalue weighted by atomic mass is 9.97. The van der Waals surface area contributed by atoms with Crippen LogP contribution in [0.4, 0.5) is 10.1 Å². The highest BCUT2D eigenvalue weighted by Gasteiger charge is 2.25. The molecule has 172 valence electrons. The molecule has 32 heavy (non-hydrogen) atoms. The normalized spacial score (nSPS) is 20.4. The smallest absolute Gasteiger partial charge is 0.240 e. The average Bonchev–Trinajstić information content (AvgIpc) is 2.91. The van der Waals surface area contributed by atoms with Crippen molar-refractivity contribution in [1.29, 1.82) is 0 Å². The second-order valence-corrected chi connectivity index (χ2v) is 11.4. The van der Waals surface area contributed by atoms with Gasteiger partial charge < -0.3 is 5.32 Å². The number of likely N-dealkylation sites (tertiary alicyclic amines) is 1. The van der Waals surface area contributed by atoms with Gasteiger partial charge in [-0.2, -0.15) is 0 Å². The lowest BCUT2D eigenvalue weighted by Crippen LogP contribution is -2.38. The number of carbonyl (C=O) groups is 1. The fraction of sp³-hybridized carbons (Fsp3) is 0.435. The highest BCUT2D eigenvalue weighted by atomic mass is 32.2. The van der Waals surface area contributed by atoms with Crippen molar-refractivity contribution in [3.05, 3.63) is 53.8 Å². The van der Waals surface area contributed by atoms with E-state index in [1.807, 2.05) is 13.0 Å². The van der Waals surface area contributed by atoms with Crippen LogP contribution in [0, 0.1) is 17.7 Å². The first-order valence-corrected chi connectivity index (χ1v) is 13.3. The van der Waals surface area contributed by atoms with Crippen LogP contribution in [0.5, 0.6) is 0 Å². The molecule has 0 saturated carbocycles. The number of piperidine rings is 1. The number of hydrogen-bond acceptors (Lipinski definition) is 5. The minimum atomic E-state index is -3.67. The number of amides is 1.